The number of imidazole rings is 1. The third kappa shape index (κ3) is 2.26. The Bertz CT molecular complexity index is 1020. The molecule has 0 saturated heterocycles. The highest BCUT2D eigenvalue weighted by atomic mass is 16.2. The van der Waals surface area contributed by atoms with Gasteiger partial charge in [0, 0.05) is 18.6 Å². The molecular weight excluding hydrogens is 294 g/mol. The van der Waals surface area contributed by atoms with Gasteiger partial charge in [0.15, 0.2) is 11.5 Å². The van der Waals surface area contributed by atoms with Crippen molar-refractivity contribution < 1.29 is 4.79 Å². The molecule has 2 amide bonds. The third-order valence-corrected chi connectivity index (χ3v) is 3.56. The molecule has 114 valence electrons. The quantitative estimate of drug-likeness (QED) is 0.594. The van der Waals surface area contributed by atoms with Gasteiger partial charge in [-0.3, -0.25) is 10.00 Å². The molecule has 0 atom stereocenters. The number of rotatable bonds is 2. The van der Waals surface area contributed by atoms with Gasteiger partial charge in [0.2, 0.25) is 0 Å². The molecule has 2 N–H and O–H groups in total. The summed E-state index contributed by atoms with van der Waals surface area (Å²) in [4.78, 5) is 16.4. The average Bonchev–Trinajstić information content (AvgIpc) is 3.13. The molecule has 0 aliphatic rings. The zero-order chi connectivity index (χ0) is 15.8. The summed E-state index contributed by atoms with van der Waals surface area (Å²) in [5.41, 5.74) is 2.30. The summed E-state index contributed by atoms with van der Waals surface area (Å²) in [5, 5.41) is 14.8. The molecule has 1 aromatic carbocycles. The Kier molecular flexibility index (Phi) is 2.94. The molecule has 23 heavy (non-hydrogen) atoms. The summed E-state index contributed by atoms with van der Waals surface area (Å²) in [5.74, 6) is 0.497. The summed E-state index contributed by atoms with van der Waals surface area (Å²) in [7, 11) is 1.86. The molecule has 4 aromatic rings. The van der Waals surface area contributed by atoms with Gasteiger partial charge in [-0.25, -0.2) is 9.78 Å². The van der Waals surface area contributed by atoms with Gasteiger partial charge in [-0.15, -0.1) is 0 Å². The fourth-order valence-electron chi connectivity index (χ4n) is 2.47. The Labute approximate surface area is 130 Å². The van der Waals surface area contributed by atoms with Crippen LogP contribution in [0.5, 0.6) is 0 Å². The van der Waals surface area contributed by atoms with Gasteiger partial charge in [0.05, 0.1) is 23.6 Å². The smallest absolute Gasteiger partial charge is 0.307 e. The Morgan fingerprint density at radius 2 is 2.00 bits per heavy atom. The molecule has 3 heterocycles. The van der Waals surface area contributed by atoms with E-state index in [1.54, 1.807) is 33.9 Å². The number of fused-ring (bicyclic) bond motifs is 2. The summed E-state index contributed by atoms with van der Waals surface area (Å²) in [6.45, 7) is 0. The number of urea groups is 1. The zero-order valence-corrected chi connectivity index (χ0v) is 12.3. The van der Waals surface area contributed by atoms with Crippen LogP contribution in [0.3, 0.4) is 0 Å². The molecule has 0 aliphatic heterocycles. The maximum atomic E-state index is 12.3. The van der Waals surface area contributed by atoms with Crippen LogP contribution in [0.25, 0.3) is 16.6 Å². The molecule has 0 bridgehead atoms. The fraction of sp³-hybridized carbons (Fsp3) is 0.0667. The van der Waals surface area contributed by atoms with Gasteiger partial charge >= 0.3 is 6.03 Å². The lowest BCUT2D eigenvalue weighted by atomic mass is 10.2. The van der Waals surface area contributed by atoms with Crippen molar-refractivity contribution in [3.8, 4) is 0 Å². The zero-order valence-electron chi connectivity index (χ0n) is 12.3. The molecule has 8 nitrogen and oxygen atoms in total. The fourth-order valence-corrected chi connectivity index (χ4v) is 2.47. The van der Waals surface area contributed by atoms with Crippen LogP contribution in [0.2, 0.25) is 0 Å². The van der Waals surface area contributed by atoms with E-state index in [9.17, 15) is 4.79 Å². The van der Waals surface area contributed by atoms with Crippen molar-refractivity contribution in [1.82, 2.24) is 24.4 Å². The highest BCUT2D eigenvalue weighted by Gasteiger charge is 2.11. The number of aryl methyl sites for hydroxylation is 1. The van der Waals surface area contributed by atoms with Gasteiger partial charge in [-0.05, 0) is 24.3 Å². The maximum Gasteiger partial charge on any atom is 0.324 e. The maximum absolute atomic E-state index is 12.3. The van der Waals surface area contributed by atoms with Gasteiger partial charge < -0.3 is 5.32 Å². The molecule has 0 unspecified atom stereocenters. The molecule has 4 rings (SSSR count). The number of carbonyl (C=O) groups is 1. The number of benzene rings is 1. The van der Waals surface area contributed by atoms with E-state index >= 15 is 0 Å². The highest BCUT2D eigenvalue weighted by molar-refractivity contribution is 6.05. The summed E-state index contributed by atoms with van der Waals surface area (Å²) >= 11 is 0. The first kappa shape index (κ1) is 13.3. The average molecular weight is 307 g/mol. The molecule has 0 spiro atoms. The first-order valence-electron chi connectivity index (χ1n) is 7.00. The monoisotopic (exact) mass is 307 g/mol. The number of aromatic nitrogens is 5. The van der Waals surface area contributed by atoms with Gasteiger partial charge in [-0.1, -0.05) is 6.07 Å². The van der Waals surface area contributed by atoms with Gasteiger partial charge in [-0.2, -0.15) is 14.7 Å². The number of nitrogens with zero attached hydrogens (tertiary/aromatic N) is 5. The summed E-state index contributed by atoms with van der Waals surface area (Å²) in [6.07, 6.45) is 4.92. The predicted octanol–water partition coefficient (Wildman–Crippen LogP) is 2.26. The van der Waals surface area contributed by atoms with Crippen LogP contribution in [-0.2, 0) is 7.05 Å². The lowest BCUT2D eigenvalue weighted by Crippen LogP contribution is -2.20. The highest BCUT2D eigenvalue weighted by Crippen LogP contribution is 2.22. The molecule has 0 saturated carbocycles. The Balaban J connectivity index is 1.60. The largest absolute Gasteiger partial charge is 0.324 e. The molecule has 0 radical (unpaired) electrons. The lowest BCUT2D eigenvalue weighted by Gasteiger charge is -2.08. The van der Waals surface area contributed by atoms with Crippen LogP contribution in [0.15, 0.2) is 48.9 Å². The number of hydrogen-bond donors (Lipinski definition) is 2. The Morgan fingerprint density at radius 1 is 1.09 bits per heavy atom. The number of hydrogen-bond acceptors (Lipinski definition) is 4. The summed E-state index contributed by atoms with van der Waals surface area (Å²) < 4.78 is 3.32. The van der Waals surface area contributed by atoms with E-state index in [2.05, 4.69) is 25.8 Å². The second-order valence-corrected chi connectivity index (χ2v) is 5.02. The lowest BCUT2D eigenvalue weighted by molar-refractivity contribution is 0.262. The minimum absolute atomic E-state index is 0.367. The van der Waals surface area contributed by atoms with E-state index in [0.29, 0.717) is 17.2 Å². The van der Waals surface area contributed by atoms with Gasteiger partial charge in [0.1, 0.15) is 0 Å². The van der Waals surface area contributed by atoms with Crippen molar-refractivity contribution in [2.75, 3.05) is 10.6 Å². The topological polar surface area (TPSA) is 89.1 Å². The standard InChI is InChI=1S/C15H13N7O/c1-21-12-5-2-4-11(10(12)8-18-21)19-15(23)20-14-9-16-13-6-3-7-17-22(13)14/h2-9H,1H3,(H2,19,20,23). The molecule has 3 aromatic heterocycles. The first-order valence-corrected chi connectivity index (χ1v) is 7.00. The third-order valence-electron chi connectivity index (χ3n) is 3.56. The number of anilines is 2. The second kappa shape index (κ2) is 5.09. The Morgan fingerprint density at radius 3 is 2.91 bits per heavy atom. The minimum Gasteiger partial charge on any atom is -0.307 e. The van der Waals surface area contributed by atoms with Crippen LogP contribution in [0.4, 0.5) is 16.3 Å². The van der Waals surface area contributed by atoms with Crippen LogP contribution in [-0.4, -0.2) is 30.4 Å². The first-order chi connectivity index (χ1) is 11.2. The van der Waals surface area contributed by atoms with Crippen molar-refractivity contribution >= 4 is 34.1 Å². The van der Waals surface area contributed by atoms with Crippen LogP contribution in [0.1, 0.15) is 0 Å². The molecule has 8 heteroatoms. The van der Waals surface area contributed by atoms with E-state index in [1.807, 2.05) is 31.3 Å². The van der Waals surface area contributed by atoms with Crippen molar-refractivity contribution in [2.45, 2.75) is 0 Å². The van der Waals surface area contributed by atoms with Crippen molar-refractivity contribution in [1.29, 1.82) is 0 Å². The Hall–Kier alpha value is -3.42. The van der Waals surface area contributed by atoms with Gasteiger partial charge in [0.25, 0.3) is 0 Å². The van der Waals surface area contributed by atoms with Crippen LogP contribution < -0.4 is 10.6 Å². The van der Waals surface area contributed by atoms with Crippen LogP contribution >= 0.6 is 0 Å². The number of amides is 2. The van der Waals surface area contributed by atoms with Crippen molar-refractivity contribution in [3.05, 3.63) is 48.9 Å². The summed E-state index contributed by atoms with van der Waals surface area (Å²) in [6, 6.07) is 8.88. The van der Waals surface area contributed by atoms with E-state index in [1.165, 1.54) is 0 Å². The normalized spacial score (nSPS) is 11.0. The molecule has 0 aliphatic carbocycles. The van der Waals surface area contributed by atoms with Crippen LogP contribution in [0, 0.1) is 0 Å². The predicted molar refractivity (Wildman–Crippen MR) is 86.3 cm³/mol. The number of carbonyl (C=O) groups excluding carboxylic acids is 1. The van der Waals surface area contributed by atoms with Crippen molar-refractivity contribution in [2.24, 2.45) is 7.05 Å². The number of nitrogens with one attached hydrogen (secondary N) is 2. The van der Waals surface area contributed by atoms with E-state index in [-0.39, 0.29) is 6.03 Å². The molecular formula is C15H13N7O. The van der Waals surface area contributed by atoms with E-state index in [0.717, 1.165) is 10.9 Å². The minimum atomic E-state index is -0.367. The second-order valence-electron chi connectivity index (χ2n) is 5.02. The molecule has 0 fully saturated rings. The van der Waals surface area contributed by atoms with E-state index in [4.69, 9.17) is 0 Å². The van der Waals surface area contributed by atoms with Crippen molar-refractivity contribution in [3.63, 3.8) is 0 Å². The van der Waals surface area contributed by atoms with E-state index < -0.39 is 0 Å². The SMILES string of the molecule is Cn1ncc2c(NC(=O)Nc3cnc4cccnn34)cccc21.